The molecule has 0 bridgehead atoms. The van der Waals surface area contributed by atoms with E-state index in [0.717, 1.165) is 11.6 Å². The molecule has 5 nitrogen and oxygen atoms in total. The van der Waals surface area contributed by atoms with E-state index in [1.54, 1.807) is 0 Å². The van der Waals surface area contributed by atoms with Crippen LogP contribution >= 0.6 is 11.3 Å². The highest BCUT2D eigenvalue weighted by atomic mass is 32.1. The Balaban J connectivity index is 2.03. The van der Waals surface area contributed by atoms with Gasteiger partial charge in [0, 0.05) is 12.1 Å². The fourth-order valence-corrected chi connectivity index (χ4v) is 2.21. The predicted octanol–water partition coefficient (Wildman–Crippen LogP) is 1.83. The van der Waals surface area contributed by atoms with Gasteiger partial charge in [-0.3, -0.25) is 4.79 Å². The Hall–Kier alpha value is -1.30. The van der Waals surface area contributed by atoms with Crippen LogP contribution < -0.4 is 16.4 Å². The molecule has 0 aromatic carbocycles. The lowest BCUT2D eigenvalue weighted by atomic mass is 10.2. The number of nitrogens with two attached hydrogens (primary N) is 1. The molecule has 1 aliphatic rings. The fraction of sp³-hybridized carbons (Fsp3) is 0.636. The number of hydrogen-bond donors (Lipinski definition) is 3. The molecule has 17 heavy (non-hydrogen) atoms. The second-order valence-electron chi connectivity index (χ2n) is 4.43. The number of hydrogen-bond acceptors (Lipinski definition) is 5. The number of anilines is 2. The Morgan fingerprint density at radius 1 is 1.65 bits per heavy atom. The number of nitrogens with zero attached hydrogens (tertiary/aromatic N) is 1. The Bertz CT molecular complexity index is 414. The molecule has 0 aliphatic heterocycles. The summed E-state index contributed by atoms with van der Waals surface area (Å²) in [7, 11) is 0. The van der Waals surface area contributed by atoms with Crippen molar-refractivity contribution in [3.63, 3.8) is 0 Å². The summed E-state index contributed by atoms with van der Waals surface area (Å²) in [5.74, 6) is 0.192. The summed E-state index contributed by atoms with van der Waals surface area (Å²) in [6.45, 7) is 4.00. The van der Waals surface area contributed by atoms with Gasteiger partial charge < -0.3 is 16.4 Å². The van der Waals surface area contributed by atoms with E-state index in [9.17, 15) is 4.79 Å². The largest absolute Gasteiger partial charge is 0.382 e. The molecule has 1 unspecified atom stereocenters. The van der Waals surface area contributed by atoms with Crippen LogP contribution in [0.5, 0.6) is 0 Å². The summed E-state index contributed by atoms with van der Waals surface area (Å²) in [5.41, 5.74) is 5.75. The van der Waals surface area contributed by atoms with Crippen LogP contribution in [0.25, 0.3) is 0 Å². The van der Waals surface area contributed by atoms with Gasteiger partial charge in [-0.15, -0.1) is 0 Å². The molecule has 1 amide bonds. The van der Waals surface area contributed by atoms with Gasteiger partial charge in [0.15, 0.2) is 5.13 Å². The Morgan fingerprint density at radius 3 is 2.94 bits per heavy atom. The van der Waals surface area contributed by atoms with Gasteiger partial charge >= 0.3 is 0 Å². The second kappa shape index (κ2) is 4.91. The first-order valence-corrected chi connectivity index (χ1v) is 6.75. The average molecular weight is 254 g/mol. The van der Waals surface area contributed by atoms with Crippen LogP contribution in [0.1, 0.15) is 42.8 Å². The monoisotopic (exact) mass is 254 g/mol. The van der Waals surface area contributed by atoms with Gasteiger partial charge in [0.25, 0.3) is 5.91 Å². The van der Waals surface area contributed by atoms with Gasteiger partial charge in [-0.05, 0) is 26.2 Å². The molecule has 6 heteroatoms. The van der Waals surface area contributed by atoms with E-state index >= 15 is 0 Å². The van der Waals surface area contributed by atoms with Crippen LogP contribution in [-0.2, 0) is 0 Å². The van der Waals surface area contributed by atoms with Crippen molar-refractivity contribution in [2.75, 3.05) is 11.1 Å². The summed E-state index contributed by atoms with van der Waals surface area (Å²) >= 11 is 1.33. The van der Waals surface area contributed by atoms with Crippen LogP contribution in [-0.4, -0.2) is 23.0 Å². The minimum atomic E-state index is -0.127. The Morgan fingerprint density at radius 2 is 2.35 bits per heavy atom. The fourth-order valence-electron chi connectivity index (χ4n) is 1.35. The van der Waals surface area contributed by atoms with Gasteiger partial charge in [-0.2, -0.15) is 0 Å². The second-order valence-corrected chi connectivity index (χ2v) is 5.43. The van der Waals surface area contributed by atoms with Gasteiger partial charge in [-0.25, -0.2) is 4.98 Å². The molecule has 94 valence electrons. The van der Waals surface area contributed by atoms with Crippen molar-refractivity contribution in [3.05, 3.63) is 4.88 Å². The summed E-state index contributed by atoms with van der Waals surface area (Å²) in [5, 5.41) is 6.89. The first kappa shape index (κ1) is 12.2. The van der Waals surface area contributed by atoms with Crippen LogP contribution in [0.4, 0.5) is 10.9 Å². The molecular weight excluding hydrogens is 236 g/mol. The number of nitrogens with one attached hydrogen (secondary N) is 2. The number of amides is 1. The SMILES string of the molecule is CCC(C)NC(=O)c1sc(NC2CC2)nc1N. The molecule has 0 saturated heterocycles. The summed E-state index contributed by atoms with van der Waals surface area (Å²) in [4.78, 5) is 16.6. The maximum Gasteiger partial charge on any atom is 0.265 e. The summed E-state index contributed by atoms with van der Waals surface area (Å²) < 4.78 is 0. The third-order valence-electron chi connectivity index (χ3n) is 2.75. The quantitative estimate of drug-likeness (QED) is 0.749. The third-order valence-corrected chi connectivity index (χ3v) is 3.76. The van der Waals surface area contributed by atoms with E-state index in [1.165, 1.54) is 24.2 Å². The van der Waals surface area contributed by atoms with Crippen molar-refractivity contribution in [1.82, 2.24) is 10.3 Å². The minimum absolute atomic E-state index is 0.127. The van der Waals surface area contributed by atoms with E-state index in [0.29, 0.717) is 16.7 Å². The van der Waals surface area contributed by atoms with Gasteiger partial charge in [0.05, 0.1) is 0 Å². The standard InChI is InChI=1S/C11H18N4OS/c1-3-6(2)13-10(16)8-9(12)15-11(17-8)14-7-4-5-7/h6-7H,3-5,12H2,1-2H3,(H,13,16)(H,14,15). The number of nitrogen functional groups attached to an aromatic ring is 1. The van der Waals surface area contributed by atoms with Crippen molar-refractivity contribution < 1.29 is 4.79 Å². The highest BCUT2D eigenvalue weighted by molar-refractivity contribution is 7.18. The van der Waals surface area contributed by atoms with Crippen LogP contribution in [0.2, 0.25) is 0 Å². The lowest BCUT2D eigenvalue weighted by Gasteiger charge is -2.09. The van der Waals surface area contributed by atoms with Gasteiger partial charge in [-0.1, -0.05) is 18.3 Å². The van der Waals surface area contributed by atoms with Crippen LogP contribution in [0.15, 0.2) is 0 Å². The maximum atomic E-state index is 11.9. The number of aromatic nitrogens is 1. The van der Waals surface area contributed by atoms with Crippen LogP contribution in [0.3, 0.4) is 0 Å². The highest BCUT2D eigenvalue weighted by Gasteiger charge is 2.24. The zero-order valence-electron chi connectivity index (χ0n) is 10.1. The molecule has 1 heterocycles. The topological polar surface area (TPSA) is 80.0 Å². The Kier molecular flexibility index (Phi) is 3.51. The van der Waals surface area contributed by atoms with Crippen molar-refractivity contribution in [2.24, 2.45) is 0 Å². The highest BCUT2D eigenvalue weighted by Crippen LogP contribution is 2.30. The van der Waals surface area contributed by atoms with Crippen molar-refractivity contribution >= 4 is 28.2 Å². The zero-order chi connectivity index (χ0) is 12.4. The number of rotatable bonds is 5. The van der Waals surface area contributed by atoms with E-state index in [4.69, 9.17) is 5.73 Å². The molecule has 1 atom stereocenters. The smallest absolute Gasteiger partial charge is 0.265 e. The molecule has 1 aromatic heterocycles. The van der Waals surface area contributed by atoms with E-state index in [-0.39, 0.29) is 11.9 Å². The summed E-state index contributed by atoms with van der Waals surface area (Å²) in [6.07, 6.45) is 3.25. The lowest BCUT2D eigenvalue weighted by Crippen LogP contribution is -2.31. The lowest BCUT2D eigenvalue weighted by molar-refractivity contribution is 0.0944. The van der Waals surface area contributed by atoms with Gasteiger partial charge in [0.2, 0.25) is 0 Å². The van der Waals surface area contributed by atoms with Crippen molar-refractivity contribution in [1.29, 1.82) is 0 Å². The molecule has 1 saturated carbocycles. The van der Waals surface area contributed by atoms with E-state index < -0.39 is 0 Å². The normalized spacial score (nSPS) is 16.6. The zero-order valence-corrected chi connectivity index (χ0v) is 10.9. The number of thiazole rings is 1. The number of carbonyl (C=O) groups excluding carboxylic acids is 1. The molecule has 1 fully saturated rings. The molecule has 2 rings (SSSR count). The molecule has 1 aliphatic carbocycles. The van der Waals surface area contributed by atoms with E-state index in [1.807, 2.05) is 13.8 Å². The van der Waals surface area contributed by atoms with E-state index in [2.05, 4.69) is 15.6 Å². The maximum absolute atomic E-state index is 11.9. The predicted molar refractivity (Wildman–Crippen MR) is 70.4 cm³/mol. The average Bonchev–Trinajstić information content (AvgIpc) is 3.01. The van der Waals surface area contributed by atoms with Gasteiger partial charge in [0.1, 0.15) is 10.7 Å². The summed E-state index contributed by atoms with van der Waals surface area (Å²) in [6, 6.07) is 0.676. The Labute approximate surface area is 105 Å². The van der Waals surface area contributed by atoms with Crippen LogP contribution in [0, 0.1) is 0 Å². The third kappa shape index (κ3) is 3.09. The van der Waals surface area contributed by atoms with Crippen molar-refractivity contribution in [2.45, 2.75) is 45.2 Å². The first-order chi connectivity index (χ1) is 8.10. The molecule has 4 N–H and O–H groups in total. The molecule has 0 spiro atoms. The minimum Gasteiger partial charge on any atom is -0.382 e. The number of carbonyl (C=O) groups is 1. The first-order valence-electron chi connectivity index (χ1n) is 5.93. The molecule has 1 aromatic rings. The van der Waals surface area contributed by atoms with Crippen molar-refractivity contribution in [3.8, 4) is 0 Å². The molecule has 0 radical (unpaired) electrons. The molecular formula is C11H18N4OS.